The number of aliphatic hydroxyl groups is 1. The zero-order valence-corrected chi connectivity index (χ0v) is 19.2. The lowest BCUT2D eigenvalue weighted by Crippen LogP contribution is -2.35. The summed E-state index contributed by atoms with van der Waals surface area (Å²) >= 11 is 0. The molecule has 1 atom stereocenters. The van der Waals surface area contributed by atoms with Gasteiger partial charge < -0.3 is 19.8 Å². The number of hydrogen-bond donors (Lipinski definition) is 2. The number of amides is 1. The van der Waals surface area contributed by atoms with Crippen LogP contribution in [0.15, 0.2) is 47.2 Å². The molecule has 6 rings (SSSR count). The molecule has 0 spiro atoms. The second-order valence-corrected chi connectivity index (χ2v) is 8.90. The van der Waals surface area contributed by atoms with Crippen LogP contribution in [-0.4, -0.2) is 59.4 Å². The fraction of sp³-hybridized carbons (Fsp3) is 0.333. The number of likely N-dealkylation sites (N-methyl/N-ethyl adjacent to an activating group) is 1. The highest BCUT2D eigenvalue weighted by Crippen LogP contribution is 2.34. The summed E-state index contributed by atoms with van der Waals surface area (Å²) in [4.78, 5) is 27.5. The molecule has 11 heteroatoms. The highest BCUT2D eigenvalue weighted by atomic mass is 16.5. The number of likely N-dealkylation sites (tertiary alicyclic amines) is 1. The van der Waals surface area contributed by atoms with Crippen molar-refractivity contribution in [2.24, 2.45) is 0 Å². The number of carbonyl (C=O) groups is 1. The van der Waals surface area contributed by atoms with E-state index in [-0.39, 0.29) is 12.2 Å². The molecule has 178 valence electrons. The standard InChI is InChI=1S/C24H24N8O3/c1-31-12-9-24(34,22(31)33)21-13-18(30-35-21)16-6-4-5-15(27-16)17-8-10-25-23(28-17)29-19-14-26-32-11-3-2-7-20(19)32/h4-6,8,10,13-14,34H,2-3,7,9,11-12H2,1H3,(H,25,28,29). The second-order valence-electron chi connectivity index (χ2n) is 8.90. The van der Waals surface area contributed by atoms with Crippen molar-refractivity contribution in [3.8, 4) is 22.8 Å². The normalized spacial score (nSPS) is 19.7. The molecule has 2 N–H and O–H groups in total. The minimum Gasteiger partial charge on any atom is -0.373 e. The van der Waals surface area contributed by atoms with Gasteiger partial charge in [0.2, 0.25) is 11.5 Å². The topological polar surface area (TPSA) is 135 Å². The number of carbonyl (C=O) groups excluding carboxylic acids is 1. The van der Waals surface area contributed by atoms with Crippen LogP contribution in [0.4, 0.5) is 11.6 Å². The molecule has 11 nitrogen and oxygen atoms in total. The van der Waals surface area contributed by atoms with Gasteiger partial charge >= 0.3 is 0 Å². The highest BCUT2D eigenvalue weighted by molar-refractivity contribution is 5.87. The quantitative estimate of drug-likeness (QED) is 0.449. The molecule has 0 bridgehead atoms. The van der Waals surface area contributed by atoms with Crippen LogP contribution >= 0.6 is 0 Å². The number of hydrogen-bond acceptors (Lipinski definition) is 9. The van der Waals surface area contributed by atoms with Crippen LogP contribution < -0.4 is 5.32 Å². The molecule has 0 aliphatic carbocycles. The fourth-order valence-corrected chi connectivity index (χ4v) is 4.60. The Morgan fingerprint density at radius 2 is 1.91 bits per heavy atom. The third-order valence-electron chi connectivity index (χ3n) is 6.59. The van der Waals surface area contributed by atoms with Crippen molar-refractivity contribution in [1.29, 1.82) is 0 Å². The summed E-state index contributed by atoms with van der Waals surface area (Å²) in [6, 6.07) is 8.84. The molecule has 35 heavy (non-hydrogen) atoms. The average molecular weight is 473 g/mol. The average Bonchev–Trinajstić information content (AvgIpc) is 3.61. The van der Waals surface area contributed by atoms with Crippen LogP contribution in [0.25, 0.3) is 22.8 Å². The van der Waals surface area contributed by atoms with Gasteiger partial charge in [-0.3, -0.25) is 9.48 Å². The van der Waals surface area contributed by atoms with Gasteiger partial charge in [-0.2, -0.15) is 5.10 Å². The molecule has 0 radical (unpaired) electrons. The van der Waals surface area contributed by atoms with Crippen molar-refractivity contribution in [3.63, 3.8) is 0 Å². The van der Waals surface area contributed by atoms with E-state index in [2.05, 4.69) is 30.5 Å². The number of aryl methyl sites for hydroxylation is 1. The van der Waals surface area contributed by atoms with Gasteiger partial charge in [-0.15, -0.1) is 0 Å². The minimum atomic E-state index is -1.70. The minimum absolute atomic E-state index is 0.118. The maximum Gasteiger partial charge on any atom is 0.262 e. The van der Waals surface area contributed by atoms with Crippen LogP contribution in [-0.2, 0) is 23.4 Å². The van der Waals surface area contributed by atoms with Gasteiger partial charge in [-0.05, 0) is 37.5 Å². The molecule has 2 aliphatic rings. The number of nitrogens with one attached hydrogen (secondary N) is 1. The second kappa shape index (κ2) is 8.27. The maximum absolute atomic E-state index is 12.4. The first-order valence-electron chi connectivity index (χ1n) is 11.6. The Morgan fingerprint density at radius 3 is 2.74 bits per heavy atom. The summed E-state index contributed by atoms with van der Waals surface area (Å²) in [6.45, 7) is 1.38. The predicted molar refractivity (Wildman–Crippen MR) is 125 cm³/mol. The molecule has 1 amide bonds. The highest BCUT2D eigenvalue weighted by Gasteiger charge is 2.48. The molecule has 6 heterocycles. The van der Waals surface area contributed by atoms with E-state index in [1.807, 2.05) is 23.0 Å². The Bertz CT molecular complexity index is 1410. The van der Waals surface area contributed by atoms with Gasteiger partial charge in [0.1, 0.15) is 5.69 Å². The molecule has 2 aliphatic heterocycles. The number of fused-ring (bicyclic) bond motifs is 1. The summed E-state index contributed by atoms with van der Waals surface area (Å²) in [5.74, 6) is 0.181. The van der Waals surface area contributed by atoms with E-state index < -0.39 is 11.5 Å². The summed E-state index contributed by atoms with van der Waals surface area (Å²) in [5, 5.41) is 22.6. The smallest absolute Gasteiger partial charge is 0.262 e. The van der Waals surface area contributed by atoms with Gasteiger partial charge in [-0.25, -0.2) is 15.0 Å². The molecule has 0 aromatic carbocycles. The Balaban J connectivity index is 1.26. The van der Waals surface area contributed by atoms with Crippen LogP contribution in [0, 0.1) is 0 Å². The van der Waals surface area contributed by atoms with E-state index in [9.17, 15) is 9.90 Å². The fourth-order valence-electron chi connectivity index (χ4n) is 4.60. The van der Waals surface area contributed by atoms with E-state index in [1.165, 1.54) is 10.6 Å². The van der Waals surface area contributed by atoms with Crippen molar-refractivity contribution in [2.75, 3.05) is 18.9 Å². The van der Waals surface area contributed by atoms with E-state index in [0.29, 0.717) is 35.3 Å². The summed E-state index contributed by atoms with van der Waals surface area (Å²) in [7, 11) is 1.65. The predicted octanol–water partition coefficient (Wildman–Crippen LogP) is 2.52. The van der Waals surface area contributed by atoms with Crippen molar-refractivity contribution in [1.82, 2.24) is 34.8 Å². The van der Waals surface area contributed by atoms with Crippen molar-refractivity contribution >= 4 is 17.5 Å². The number of rotatable bonds is 5. The van der Waals surface area contributed by atoms with E-state index >= 15 is 0 Å². The molecular weight excluding hydrogens is 448 g/mol. The first-order valence-corrected chi connectivity index (χ1v) is 11.6. The molecule has 1 unspecified atom stereocenters. The van der Waals surface area contributed by atoms with Crippen molar-refractivity contribution in [2.45, 2.75) is 37.8 Å². The lowest BCUT2D eigenvalue weighted by Gasteiger charge is -2.16. The summed E-state index contributed by atoms with van der Waals surface area (Å²) in [6.07, 6.45) is 7.01. The molecule has 4 aromatic rings. The van der Waals surface area contributed by atoms with Gasteiger partial charge in [0.25, 0.3) is 5.91 Å². The summed E-state index contributed by atoms with van der Waals surface area (Å²) < 4.78 is 7.39. The number of anilines is 2. The molecule has 1 fully saturated rings. The van der Waals surface area contributed by atoms with Gasteiger partial charge in [0.15, 0.2) is 5.76 Å². The van der Waals surface area contributed by atoms with Crippen molar-refractivity contribution in [3.05, 3.63) is 54.2 Å². The van der Waals surface area contributed by atoms with Gasteiger partial charge in [0.05, 0.1) is 34.7 Å². The summed E-state index contributed by atoms with van der Waals surface area (Å²) in [5.41, 5.74) is 2.63. The van der Waals surface area contributed by atoms with Crippen LogP contribution in [0.5, 0.6) is 0 Å². The van der Waals surface area contributed by atoms with E-state index in [4.69, 9.17) is 4.52 Å². The third kappa shape index (κ3) is 3.73. The lowest BCUT2D eigenvalue weighted by molar-refractivity contribution is -0.144. The van der Waals surface area contributed by atoms with Crippen LogP contribution in [0.2, 0.25) is 0 Å². The zero-order valence-electron chi connectivity index (χ0n) is 19.2. The molecule has 0 saturated carbocycles. The molecular formula is C24H24N8O3. The van der Waals surface area contributed by atoms with Crippen LogP contribution in [0.1, 0.15) is 30.7 Å². The van der Waals surface area contributed by atoms with Crippen LogP contribution in [0.3, 0.4) is 0 Å². The molecule has 1 saturated heterocycles. The van der Waals surface area contributed by atoms with E-state index in [1.54, 1.807) is 31.4 Å². The van der Waals surface area contributed by atoms with Gasteiger partial charge in [-0.1, -0.05) is 11.2 Å². The maximum atomic E-state index is 12.4. The Hall–Kier alpha value is -4.12. The monoisotopic (exact) mass is 472 g/mol. The number of pyridine rings is 1. The van der Waals surface area contributed by atoms with Gasteiger partial charge in [0, 0.05) is 38.8 Å². The first kappa shape index (κ1) is 21.4. The SMILES string of the molecule is CN1CCC(O)(c2cc(-c3cccc(-c4ccnc(Nc5cnn6c5CCCC6)n4)n3)no2)C1=O. The number of nitrogens with zero attached hydrogens (tertiary/aromatic N) is 7. The molecule has 4 aromatic heterocycles. The largest absolute Gasteiger partial charge is 0.373 e. The Labute approximate surface area is 200 Å². The Kier molecular flexibility index (Phi) is 5.06. The lowest BCUT2D eigenvalue weighted by atomic mass is 9.98. The van der Waals surface area contributed by atoms with Crippen molar-refractivity contribution < 1.29 is 14.4 Å². The third-order valence-corrected chi connectivity index (χ3v) is 6.59. The zero-order chi connectivity index (χ0) is 24.0. The van der Waals surface area contributed by atoms with E-state index in [0.717, 1.165) is 31.5 Å². The number of aromatic nitrogens is 6. The first-order chi connectivity index (χ1) is 17.0. The Morgan fingerprint density at radius 1 is 1.09 bits per heavy atom.